The lowest BCUT2D eigenvalue weighted by atomic mass is 9.98. The summed E-state index contributed by atoms with van der Waals surface area (Å²) in [7, 11) is 0. The fourth-order valence-electron chi connectivity index (χ4n) is 1.37. The zero-order valence-corrected chi connectivity index (χ0v) is 7.91. The van der Waals surface area contributed by atoms with Gasteiger partial charge in [-0.15, -0.1) is 0 Å². The number of amides is 1. The minimum atomic E-state index is -1.26. The van der Waals surface area contributed by atoms with Crippen LogP contribution in [0.1, 0.15) is 13.3 Å². The highest BCUT2D eigenvalue weighted by Crippen LogP contribution is 2.14. The molecule has 0 spiro atoms. The van der Waals surface area contributed by atoms with E-state index in [1.54, 1.807) is 0 Å². The van der Waals surface area contributed by atoms with Crippen molar-refractivity contribution in [1.29, 1.82) is 0 Å². The Morgan fingerprint density at radius 1 is 1.57 bits per heavy atom. The second kappa shape index (κ2) is 3.93. The molecule has 6 heteroatoms. The molecule has 0 bridgehead atoms. The van der Waals surface area contributed by atoms with Crippen molar-refractivity contribution in [2.45, 2.75) is 25.0 Å². The van der Waals surface area contributed by atoms with Gasteiger partial charge in [0.2, 0.25) is 5.91 Å². The molecule has 80 valence electrons. The van der Waals surface area contributed by atoms with Crippen molar-refractivity contribution in [3.63, 3.8) is 0 Å². The summed E-state index contributed by atoms with van der Waals surface area (Å²) >= 11 is 0. The summed E-state index contributed by atoms with van der Waals surface area (Å²) in [5.74, 6) is -1.73. The van der Waals surface area contributed by atoms with E-state index in [-0.39, 0.29) is 6.54 Å². The van der Waals surface area contributed by atoms with Crippen LogP contribution < -0.4 is 10.6 Å². The van der Waals surface area contributed by atoms with E-state index in [0.717, 1.165) is 0 Å². The van der Waals surface area contributed by atoms with Gasteiger partial charge in [-0.3, -0.25) is 4.79 Å². The van der Waals surface area contributed by atoms with Crippen molar-refractivity contribution in [3.8, 4) is 0 Å². The summed E-state index contributed by atoms with van der Waals surface area (Å²) in [5, 5.41) is 23.1. The van der Waals surface area contributed by atoms with Crippen LogP contribution >= 0.6 is 0 Å². The maximum absolute atomic E-state index is 11.2. The number of hydrogen-bond donors (Lipinski definition) is 4. The number of carboxylic acids is 1. The Morgan fingerprint density at radius 2 is 2.21 bits per heavy atom. The van der Waals surface area contributed by atoms with Gasteiger partial charge in [0.25, 0.3) is 0 Å². The quantitative estimate of drug-likeness (QED) is 0.437. The fraction of sp³-hybridized carbons (Fsp3) is 0.750. The van der Waals surface area contributed by atoms with Crippen LogP contribution in [0, 0.1) is 0 Å². The zero-order valence-electron chi connectivity index (χ0n) is 7.91. The van der Waals surface area contributed by atoms with Gasteiger partial charge in [-0.2, -0.15) is 0 Å². The molecule has 1 saturated heterocycles. The molecule has 1 unspecified atom stereocenters. The normalized spacial score (nSPS) is 28.4. The molecular weight excluding hydrogens is 188 g/mol. The van der Waals surface area contributed by atoms with Gasteiger partial charge in [-0.1, -0.05) is 0 Å². The van der Waals surface area contributed by atoms with Crippen molar-refractivity contribution in [2.24, 2.45) is 0 Å². The van der Waals surface area contributed by atoms with Crippen LogP contribution in [0.25, 0.3) is 0 Å². The highest BCUT2D eigenvalue weighted by molar-refractivity contribution is 5.89. The molecule has 0 aliphatic carbocycles. The molecule has 4 N–H and O–H groups in total. The first-order chi connectivity index (χ1) is 6.48. The Labute approximate surface area is 81.3 Å². The van der Waals surface area contributed by atoms with Crippen molar-refractivity contribution < 1.29 is 19.8 Å². The number of aliphatic hydroxyl groups is 1. The van der Waals surface area contributed by atoms with E-state index >= 15 is 0 Å². The standard InChI is InChI=1S/C8H14N2O4/c1-5(11)6(12)10-8(7(13)14)2-3-9-4-8/h5,9,11H,2-4H2,1H3,(H,10,12)(H,13,14)/t5-,8?/m1/s1. The zero-order chi connectivity index (χ0) is 10.8. The van der Waals surface area contributed by atoms with E-state index in [9.17, 15) is 9.59 Å². The Hall–Kier alpha value is -1.14. The first-order valence-corrected chi connectivity index (χ1v) is 4.42. The van der Waals surface area contributed by atoms with Gasteiger partial charge in [0.05, 0.1) is 0 Å². The Kier molecular flexibility index (Phi) is 3.07. The van der Waals surface area contributed by atoms with Crippen molar-refractivity contribution in [3.05, 3.63) is 0 Å². The van der Waals surface area contributed by atoms with E-state index in [2.05, 4.69) is 10.6 Å². The van der Waals surface area contributed by atoms with Crippen LogP contribution in [0.3, 0.4) is 0 Å². The van der Waals surface area contributed by atoms with E-state index < -0.39 is 23.5 Å². The molecule has 0 aromatic heterocycles. The number of hydrogen-bond acceptors (Lipinski definition) is 4. The van der Waals surface area contributed by atoms with Crippen LogP contribution in [0.15, 0.2) is 0 Å². The second-order valence-electron chi connectivity index (χ2n) is 3.48. The van der Waals surface area contributed by atoms with Crippen molar-refractivity contribution in [1.82, 2.24) is 10.6 Å². The molecule has 0 aromatic carbocycles. The van der Waals surface area contributed by atoms with Crippen LogP contribution in [0.4, 0.5) is 0 Å². The molecule has 0 saturated carbocycles. The average molecular weight is 202 g/mol. The van der Waals surface area contributed by atoms with Crippen molar-refractivity contribution >= 4 is 11.9 Å². The van der Waals surface area contributed by atoms with Gasteiger partial charge in [-0.05, 0) is 19.9 Å². The maximum atomic E-state index is 11.2. The van der Waals surface area contributed by atoms with E-state index in [0.29, 0.717) is 13.0 Å². The van der Waals surface area contributed by atoms with Gasteiger partial charge >= 0.3 is 5.97 Å². The minimum absolute atomic E-state index is 0.195. The van der Waals surface area contributed by atoms with Crippen molar-refractivity contribution in [2.75, 3.05) is 13.1 Å². The molecule has 14 heavy (non-hydrogen) atoms. The number of nitrogens with one attached hydrogen (secondary N) is 2. The predicted molar refractivity (Wildman–Crippen MR) is 47.7 cm³/mol. The van der Waals surface area contributed by atoms with Crippen LogP contribution in [-0.4, -0.2) is 46.8 Å². The molecule has 1 amide bonds. The molecule has 1 aliphatic heterocycles. The molecule has 1 aliphatic rings. The van der Waals surface area contributed by atoms with E-state index in [4.69, 9.17) is 10.2 Å². The maximum Gasteiger partial charge on any atom is 0.330 e. The number of rotatable bonds is 3. The predicted octanol–water partition coefficient (Wildman–Crippen LogP) is -1.70. The molecule has 1 fully saturated rings. The van der Waals surface area contributed by atoms with Gasteiger partial charge in [0.1, 0.15) is 6.10 Å². The SMILES string of the molecule is C[C@@H](O)C(=O)NC1(C(=O)O)CCNC1. The molecule has 1 heterocycles. The van der Waals surface area contributed by atoms with Crippen LogP contribution in [0.2, 0.25) is 0 Å². The first-order valence-electron chi connectivity index (χ1n) is 4.42. The highest BCUT2D eigenvalue weighted by atomic mass is 16.4. The van der Waals surface area contributed by atoms with Gasteiger partial charge in [0, 0.05) is 6.54 Å². The topological polar surface area (TPSA) is 98.7 Å². The number of aliphatic hydroxyl groups excluding tert-OH is 1. The number of carbonyl (C=O) groups excluding carboxylic acids is 1. The molecule has 1 rings (SSSR count). The molecule has 0 radical (unpaired) electrons. The van der Waals surface area contributed by atoms with Crippen LogP contribution in [0.5, 0.6) is 0 Å². The lowest BCUT2D eigenvalue weighted by Crippen LogP contribution is -2.57. The summed E-state index contributed by atoms with van der Waals surface area (Å²) < 4.78 is 0. The Bertz CT molecular complexity index is 246. The monoisotopic (exact) mass is 202 g/mol. The summed E-state index contributed by atoms with van der Waals surface area (Å²) in [5.41, 5.74) is -1.26. The summed E-state index contributed by atoms with van der Waals surface area (Å²) in [6.07, 6.45) is -0.854. The number of carbonyl (C=O) groups is 2. The van der Waals surface area contributed by atoms with E-state index in [1.165, 1.54) is 6.92 Å². The summed E-state index contributed by atoms with van der Waals surface area (Å²) in [4.78, 5) is 22.1. The van der Waals surface area contributed by atoms with Gasteiger partial charge in [0.15, 0.2) is 5.54 Å². The van der Waals surface area contributed by atoms with Gasteiger partial charge in [-0.25, -0.2) is 4.79 Å². The highest BCUT2D eigenvalue weighted by Gasteiger charge is 2.43. The van der Waals surface area contributed by atoms with Gasteiger partial charge < -0.3 is 20.8 Å². The third kappa shape index (κ3) is 2.02. The molecule has 6 nitrogen and oxygen atoms in total. The third-order valence-corrected chi connectivity index (χ3v) is 2.31. The molecule has 2 atom stereocenters. The van der Waals surface area contributed by atoms with E-state index in [1.807, 2.05) is 0 Å². The van der Waals surface area contributed by atoms with Crippen LogP contribution in [-0.2, 0) is 9.59 Å². The molecule has 0 aromatic rings. The summed E-state index contributed by atoms with van der Waals surface area (Å²) in [6.45, 7) is 2.04. The second-order valence-corrected chi connectivity index (χ2v) is 3.48. The molecular formula is C8H14N2O4. The summed E-state index contributed by atoms with van der Waals surface area (Å²) in [6, 6.07) is 0. The third-order valence-electron chi connectivity index (χ3n) is 2.31. The average Bonchev–Trinajstić information content (AvgIpc) is 2.53. The fourth-order valence-corrected chi connectivity index (χ4v) is 1.37. The largest absolute Gasteiger partial charge is 0.479 e. The first kappa shape index (κ1) is 10.9. The Morgan fingerprint density at radius 3 is 2.57 bits per heavy atom. The lowest BCUT2D eigenvalue weighted by molar-refractivity contribution is -0.148. The number of aliphatic carboxylic acids is 1. The minimum Gasteiger partial charge on any atom is -0.479 e. The Balaban J connectivity index is 2.70. The lowest BCUT2D eigenvalue weighted by Gasteiger charge is -2.25. The number of carboxylic acid groups (broad SMARTS) is 1. The smallest absolute Gasteiger partial charge is 0.330 e.